The van der Waals surface area contributed by atoms with Crippen molar-refractivity contribution in [3.8, 4) is 5.75 Å². The fourth-order valence-corrected chi connectivity index (χ4v) is 3.13. The summed E-state index contributed by atoms with van der Waals surface area (Å²) in [5.41, 5.74) is -1.85. The number of hydrogen-bond donors (Lipinski definition) is 1. The number of ether oxygens (including phenoxy) is 2. The minimum atomic E-state index is -1.33. The molecule has 0 aliphatic rings. The third kappa shape index (κ3) is 6.68. The average molecular weight is 506 g/mol. The van der Waals surface area contributed by atoms with E-state index in [4.69, 9.17) is 4.74 Å². The number of carbonyl (C=O) groups excluding carboxylic acids is 2. The molecule has 0 aromatic heterocycles. The smallest absolute Gasteiger partial charge is 0.311 e. The van der Waals surface area contributed by atoms with Gasteiger partial charge in [0.2, 0.25) is 11.7 Å². The van der Waals surface area contributed by atoms with Gasteiger partial charge in [-0.15, -0.1) is 10.2 Å². The van der Waals surface area contributed by atoms with E-state index in [9.17, 15) is 34.2 Å². The molecule has 0 saturated carbocycles. The summed E-state index contributed by atoms with van der Waals surface area (Å²) in [5.74, 6) is -1.95. The number of nitro benzene ring substituents is 2. The molecule has 0 unspecified atom stereocenters. The van der Waals surface area contributed by atoms with Gasteiger partial charge in [-0.3, -0.25) is 29.8 Å². The van der Waals surface area contributed by atoms with Crippen molar-refractivity contribution in [2.45, 2.75) is 20.3 Å². The molecule has 2 aromatic rings. The van der Waals surface area contributed by atoms with Crippen LogP contribution in [-0.2, 0) is 14.3 Å². The van der Waals surface area contributed by atoms with E-state index in [1.165, 1.54) is 33.3 Å². The third-order valence-corrected chi connectivity index (χ3v) is 4.85. The Balaban J connectivity index is 2.60. The molecule has 0 saturated heterocycles. The number of rotatable bonds is 11. The first-order valence-corrected chi connectivity index (χ1v) is 10.4. The first kappa shape index (κ1) is 27.6. The molecule has 15 heteroatoms. The molecule has 0 fully saturated rings. The normalized spacial score (nSPS) is 10.7. The molecule has 1 amide bonds. The van der Waals surface area contributed by atoms with Gasteiger partial charge >= 0.3 is 17.3 Å². The lowest BCUT2D eigenvalue weighted by atomic mass is 10.2. The minimum Gasteiger partial charge on any atom is -0.494 e. The van der Waals surface area contributed by atoms with Crippen molar-refractivity contribution in [3.05, 3.63) is 50.3 Å². The van der Waals surface area contributed by atoms with Gasteiger partial charge in [0.15, 0.2) is 5.69 Å². The van der Waals surface area contributed by atoms with Gasteiger partial charge in [0.1, 0.15) is 11.4 Å². The van der Waals surface area contributed by atoms with Gasteiger partial charge in [0, 0.05) is 32.1 Å². The lowest BCUT2D eigenvalue weighted by molar-refractivity contribution is -0.395. The molecule has 14 nitrogen and oxygen atoms in total. The second-order valence-electron chi connectivity index (χ2n) is 7.13. The lowest BCUT2D eigenvalue weighted by Crippen LogP contribution is -2.26. The van der Waals surface area contributed by atoms with E-state index in [0.29, 0.717) is 24.4 Å². The van der Waals surface area contributed by atoms with Gasteiger partial charge in [-0.2, -0.15) is 4.39 Å². The van der Waals surface area contributed by atoms with Crippen LogP contribution in [0.15, 0.2) is 34.5 Å². The minimum absolute atomic E-state index is 0.00267. The van der Waals surface area contributed by atoms with Crippen molar-refractivity contribution in [1.29, 1.82) is 0 Å². The second-order valence-corrected chi connectivity index (χ2v) is 7.13. The molecule has 192 valence electrons. The van der Waals surface area contributed by atoms with Crippen molar-refractivity contribution < 1.29 is 33.3 Å². The Bertz CT molecular complexity index is 1220. The van der Waals surface area contributed by atoms with Crippen molar-refractivity contribution in [2.75, 3.05) is 37.5 Å². The Morgan fingerprint density at radius 1 is 1.06 bits per heavy atom. The summed E-state index contributed by atoms with van der Waals surface area (Å²) < 4.78 is 24.2. The maximum atomic E-state index is 14.1. The number of esters is 1. The number of nitrogens with zero attached hydrogens (tertiary/aromatic N) is 5. The van der Waals surface area contributed by atoms with Gasteiger partial charge < -0.3 is 19.7 Å². The molecule has 0 bridgehead atoms. The van der Waals surface area contributed by atoms with Crippen LogP contribution in [0.2, 0.25) is 0 Å². The average Bonchev–Trinajstić information content (AvgIpc) is 2.82. The van der Waals surface area contributed by atoms with Crippen molar-refractivity contribution >= 4 is 46.0 Å². The molecular weight excluding hydrogens is 483 g/mol. The Morgan fingerprint density at radius 3 is 2.22 bits per heavy atom. The van der Waals surface area contributed by atoms with Crippen molar-refractivity contribution in [3.63, 3.8) is 0 Å². The Kier molecular flexibility index (Phi) is 9.29. The number of halogens is 1. The third-order valence-electron chi connectivity index (χ3n) is 4.85. The zero-order valence-electron chi connectivity index (χ0n) is 19.8. The van der Waals surface area contributed by atoms with Crippen LogP contribution in [0.5, 0.6) is 5.75 Å². The van der Waals surface area contributed by atoms with E-state index in [1.807, 2.05) is 6.92 Å². The number of nitrogens with one attached hydrogen (secondary N) is 1. The predicted octanol–water partition coefficient (Wildman–Crippen LogP) is 4.41. The first-order chi connectivity index (χ1) is 17.0. The number of nitro groups is 2. The Morgan fingerprint density at radius 2 is 1.69 bits per heavy atom. The van der Waals surface area contributed by atoms with E-state index < -0.39 is 44.6 Å². The Labute approximate surface area is 204 Å². The fourth-order valence-electron chi connectivity index (χ4n) is 3.13. The molecule has 0 aliphatic heterocycles. The van der Waals surface area contributed by atoms with Crippen LogP contribution in [0.25, 0.3) is 0 Å². The topological polar surface area (TPSA) is 179 Å². The van der Waals surface area contributed by atoms with Crippen LogP contribution >= 0.6 is 0 Å². The highest BCUT2D eigenvalue weighted by Gasteiger charge is 2.25. The van der Waals surface area contributed by atoms with Crippen LogP contribution in [0, 0.1) is 26.0 Å². The first-order valence-electron chi connectivity index (χ1n) is 10.4. The standard InChI is InChI=1S/C21H23FN6O8/c1-5-26(7-6-21(30)36-4)19-9-14(23-12(2)29)15(10-20(19)35-3)24-25-16-8-13(22)17(27(31)32)11-18(16)28(33)34/h8-11H,5-7H2,1-4H3,(H,23,29). The van der Waals surface area contributed by atoms with Gasteiger partial charge in [-0.05, 0) is 13.0 Å². The van der Waals surface area contributed by atoms with Gasteiger partial charge in [-0.1, -0.05) is 0 Å². The molecule has 36 heavy (non-hydrogen) atoms. The van der Waals surface area contributed by atoms with Crippen LogP contribution in [0.1, 0.15) is 20.3 Å². The second kappa shape index (κ2) is 12.1. The quantitative estimate of drug-likeness (QED) is 0.200. The van der Waals surface area contributed by atoms with Gasteiger partial charge in [0.05, 0.1) is 47.9 Å². The number of hydrogen-bond acceptors (Lipinski definition) is 11. The summed E-state index contributed by atoms with van der Waals surface area (Å²) in [4.78, 5) is 45.4. The van der Waals surface area contributed by atoms with Gasteiger partial charge in [-0.25, -0.2) is 0 Å². The summed E-state index contributed by atoms with van der Waals surface area (Å²) in [5, 5.41) is 32.5. The highest BCUT2D eigenvalue weighted by molar-refractivity contribution is 5.94. The molecule has 0 heterocycles. The number of anilines is 2. The molecule has 1 N–H and O–H groups in total. The maximum Gasteiger partial charge on any atom is 0.311 e. The number of carbonyl (C=O) groups is 2. The maximum absolute atomic E-state index is 14.1. The molecule has 0 radical (unpaired) electrons. The van der Waals surface area contributed by atoms with Crippen LogP contribution in [0.4, 0.5) is 38.5 Å². The summed E-state index contributed by atoms with van der Waals surface area (Å²) >= 11 is 0. The lowest BCUT2D eigenvalue weighted by Gasteiger charge is -2.25. The van der Waals surface area contributed by atoms with Crippen LogP contribution < -0.4 is 15.0 Å². The summed E-state index contributed by atoms with van der Waals surface area (Å²) in [7, 11) is 2.65. The largest absolute Gasteiger partial charge is 0.494 e. The summed E-state index contributed by atoms with van der Waals surface area (Å²) in [6, 6.07) is 3.87. The molecule has 0 aliphatic carbocycles. The highest BCUT2D eigenvalue weighted by atomic mass is 19.1. The molecular formula is C21H23FN6O8. The number of methoxy groups -OCH3 is 2. The summed E-state index contributed by atoms with van der Waals surface area (Å²) in [6.45, 7) is 3.82. The predicted molar refractivity (Wildman–Crippen MR) is 126 cm³/mol. The zero-order chi connectivity index (χ0) is 27.0. The van der Waals surface area contributed by atoms with E-state index in [1.54, 1.807) is 4.90 Å². The summed E-state index contributed by atoms with van der Waals surface area (Å²) in [6.07, 6.45) is 0.0831. The van der Waals surface area contributed by atoms with E-state index in [0.717, 1.165) is 0 Å². The van der Waals surface area contributed by atoms with Crippen LogP contribution in [-0.4, -0.2) is 49.0 Å². The highest BCUT2D eigenvalue weighted by Crippen LogP contribution is 2.41. The molecule has 2 rings (SSSR count). The van der Waals surface area contributed by atoms with Crippen LogP contribution in [0.3, 0.4) is 0 Å². The SMILES string of the molecule is CCN(CCC(=O)OC)c1cc(NC(C)=O)c(N=Nc2cc(F)c([N+](=O)[O-])cc2[N+](=O)[O-])cc1OC. The number of azo groups is 1. The van der Waals surface area contributed by atoms with Gasteiger partial charge in [0.25, 0.3) is 0 Å². The van der Waals surface area contributed by atoms with E-state index in [2.05, 4.69) is 20.3 Å². The number of amides is 1. The van der Waals surface area contributed by atoms with Crippen molar-refractivity contribution in [2.24, 2.45) is 10.2 Å². The molecule has 0 spiro atoms. The van der Waals surface area contributed by atoms with E-state index in [-0.39, 0.29) is 30.1 Å². The monoisotopic (exact) mass is 506 g/mol. The van der Waals surface area contributed by atoms with E-state index >= 15 is 0 Å². The zero-order valence-corrected chi connectivity index (χ0v) is 19.8. The fraction of sp³-hybridized carbons (Fsp3) is 0.333. The Hall–Kier alpha value is -4.69. The van der Waals surface area contributed by atoms with Crippen molar-refractivity contribution in [1.82, 2.24) is 0 Å². The molecule has 0 atom stereocenters. The molecule has 2 aromatic carbocycles. The number of benzene rings is 2.